The largest absolute Gasteiger partial charge is 0.478 e. The fourth-order valence-electron chi connectivity index (χ4n) is 1.51. The van der Waals surface area contributed by atoms with E-state index in [2.05, 4.69) is 4.74 Å². The predicted molar refractivity (Wildman–Crippen MR) is 63.8 cm³/mol. The van der Waals surface area contributed by atoms with Gasteiger partial charge in [-0.2, -0.15) is 0 Å². The molecule has 1 aromatic carbocycles. The molecule has 0 unspecified atom stereocenters. The molecule has 19 heavy (non-hydrogen) atoms. The van der Waals surface area contributed by atoms with Crippen molar-refractivity contribution >= 4 is 17.6 Å². The van der Waals surface area contributed by atoms with E-state index in [-0.39, 0.29) is 23.2 Å². The number of carboxylic acids is 1. The summed E-state index contributed by atoms with van der Waals surface area (Å²) in [6, 6.07) is 2.38. The van der Waals surface area contributed by atoms with Crippen LogP contribution in [0, 0.1) is 10.1 Å². The quantitative estimate of drug-likeness (QED) is 0.446. The molecule has 0 aliphatic carbocycles. The molecule has 0 heterocycles. The summed E-state index contributed by atoms with van der Waals surface area (Å²) in [6.07, 6.45) is -0.108. The monoisotopic (exact) mass is 268 g/mol. The zero-order valence-corrected chi connectivity index (χ0v) is 10.0. The van der Waals surface area contributed by atoms with Gasteiger partial charge in [-0.25, -0.2) is 4.79 Å². The molecule has 102 valence electrons. The summed E-state index contributed by atoms with van der Waals surface area (Å²) in [5, 5.41) is 19.6. The van der Waals surface area contributed by atoms with Gasteiger partial charge >= 0.3 is 11.9 Å². The lowest BCUT2D eigenvalue weighted by Crippen LogP contribution is -2.33. The summed E-state index contributed by atoms with van der Waals surface area (Å²) in [5.41, 5.74) is 5.09. The van der Waals surface area contributed by atoms with Crippen LogP contribution in [0.5, 0.6) is 0 Å². The molecular formula is C11H12N2O6. The number of ether oxygens (including phenoxy) is 1. The van der Waals surface area contributed by atoms with Gasteiger partial charge in [-0.05, 0) is 6.07 Å². The minimum Gasteiger partial charge on any atom is -0.478 e. The van der Waals surface area contributed by atoms with E-state index in [0.29, 0.717) is 0 Å². The fourth-order valence-corrected chi connectivity index (χ4v) is 1.51. The van der Waals surface area contributed by atoms with Gasteiger partial charge in [0.15, 0.2) is 0 Å². The van der Waals surface area contributed by atoms with E-state index in [1.807, 2.05) is 0 Å². The minimum absolute atomic E-state index is 0.108. The first-order valence-electron chi connectivity index (χ1n) is 5.20. The molecule has 0 saturated carbocycles. The number of nitro groups is 1. The Hall–Kier alpha value is -2.48. The van der Waals surface area contributed by atoms with E-state index < -0.39 is 22.9 Å². The highest BCUT2D eigenvalue weighted by Gasteiger charge is 2.22. The summed E-state index contributed by atoms with van der Waals surface area (Å²) in [5.74, 6) is -1.97. The van der Waals surface area contributed by atoms with Crippen LogP contribution in [0.15, 0.2) is 18.2 Å². The first-order valence-corrected chi connectivity index (χ1v) is 5.20. The summed E-state index contributed by atoms with van der Waals surface area (Å²) in [7, 11) is 1.16. The Kier molecular flexibility index (Phi) is 4.54. The number of methoxy groups -OCH3 is 1. The number of nitrogens with zero attached hydrogens (tertiary/aromatic N) is 1. The summed E-state index contributed by atoms with van der Waals surface area (Å²) >= 11 is 0. The molecule has 0 bridgehead atoms. The number of aromatic carboxylic acids is 1. The van der Waals surface area contributed by atoms with E-state index in [1.165, 1.54) is 12.1 Å². The average Bonchev–Trinajstić information content (AvgIpc) is 2.37. The third-order valence-electron chi connectivity index (χ3n) is 2.47. The molecule has 0 amide bonds. The first kappa shape index (κ1) is 14.6. The molecule has 3 N–H and O–H groups in total. The van der Waals surface area contributed by atoms with Gasteiger partial charge in [-0.15, -0.1) is 0 Å². The zero-order valence-electron chi connectivity index (χ0n) is 10.0. The highest BCUT2D eigenvalue weighted by Crippen LogP contribution is 2.21. The van der Waals surface area contributed by atoms with Gasteiger partial charge in [0.25, 0.3) is 5.69 Å². The number of hydrogen-bond acceptors (Lipinski definition) is 6. The Morgan fingerprint density at radius 3 is 2.63 bits per heavy atom. The number of carbonyl (C=O) groups is 2. The molecule has 0 radical (unpaired) electrons. The van der Waals surface area contributed by atoms with Gasteiger partial charge in [-0.3, -0.25) is 14.9 Å². The Bertz CT molecular complexity index is 528. The molecule has 8 nitrogen and oxygen atoms in total. The molecule has 1 aromatic rings. The normalized spacial score (nSPS) is 11.7. The van der Waals surface area contributed by atoms with E-state index in [4.69, 9.17) is 10.8 Å². The van der Waals surface area contributed by atoms with Crippen molar-refractivity contribution in [3.8, 4) is 0 Å². The second kappa shape index (κ2) is 5.91. The van der Waals surface area contributed by atoms with E-state index >= 15 is 0 Å². The van der Waals surface area contributed by atoms with Crippen LogP contribution in [-0.2, 0) is 16.0 Å². The van der Waals surface area contributed by atoms with Crippen molar-refractivity contribution in [2.75, 3.05) is 7.11 Å². The van der Waals surface area contributed by atoms with E-state index in [1.54, 1.807) is 0 Å². The topological polar surface area (TPSA) is 133 Å². The van der Waals surface area contributed by atoms with Gasteiger partial charge in [-0.1, -0.05) is 6.07 Å². The molecule has 8 heteroatoms. The third kappa shape index (κ3) is 3.49. The van der Waals surface area contributed by atoms with Crippen LogP contribution in [0.25, 0.3) is 0 Å². The van der Waals surface area contributed by atoms with Crippen molar-refractivity contribution in [3.63, 3.8) is 0 Å². The molecule has 0 saturated heterocycles. The third-order valence-corrected chi connectivity index (χ3v) is 2.47. The summed E-state index contributed by atoms with van der Waals surface area (Å²) in [6.45, 7) is 0. The molecule has 0 fully saturated rings. The summed E-state index contributed by atoms with van der Waals surface area (Å²) < 4.78 is 4.42. The second-order valence-electron chi connectivity index (χ2n) is 3.74. The van der Waals surface area contributed by atoms with E-state index in [9.17, 15) is 19.7 Å². The Labute approximate surface area is 107 Å². The summed E-state index contributed by atoms with van der Waals surface area (Å²) in [4.78, 5) is 32.1. The molecule has 0 aromatic heterocycles. The van der Waals surface area contributed by atoms with Gasteiger partial charge < -0.3 is 15.6 Å². The number of carboxylic acid groups (broad SMARTS) is 1. The van der Waals surface area contributed by atoms with Gasteiger partial charge in [0, 0.05) is 18.1 Å². The number of nitrogens with two attached hydrogens (primary N) is 1. The molecule has 0 aliphatic rings. The molecule has 0 spiro atoms. The number of carbonyl (C=O) groups excluding carboxylic acids is 1. The Morgan fingerprint density at radius 1 is 1.53 bits per heavy atom. The predicted octanol–water partition coefficient (Wildman–Crippen LogP) is 0.336. The lowest BCUT2D eigenvalue weighted by molar-refractivity contribution is -0.385. The Balaban J connectivity index is 3.10. The number of nitro benzene ring substituents is 1. The SMILES string of the molecule is COC(=O)[C@@H](N)Cc1ccc(C(=O)O)cc1[N+](=O)[O-]. The molecule has 1 atom stereocenters. The molecule has 0 aliphatic heterocycles. The van der Waals surface area contributed by atoms with Crippen LogP contribution < -0.4 is 5.73 Å². The second-order valence-corrected chi connectivity index (χ2v) is 3.74. The van der Waals surface area contributed by atoms with Crippen LogP contribution in [0.4, 0.5) is 5.69 Å². The van der Waals surface area contributed by atoms with Crippen molar-refractivity contribution < 1.29 is 24.4 Å². The first-order chi connectivity index (χ1) is 8.86. The van der Waals surface area contributed by atoms with Gasteiger partial charge in [0.05, 0.1) is 17.6 Å². The number of rotatable bonds is 5. The maximum absolute atomic E-state index is 11.2. The maximum Gasteiger partial charge on any atom is 0.335 e. The van der Waals surface area contributed by atoms with Crippen molar-refractivity contribution in [1.29, 1.82) is 0 Å². The van der Waals surface area contributed by atoms with E-state index in [0.717, 1.165) is 13.2 Å². The van der Waals surface area contributed by atoms with Crippen molar-refractivity contribution in [3.05, 3.63) is 39.4 Å². The molecular weight excluding hydrogens is 256 g/mol. The Morgan fingerprint density at radius 2 is 2.16 bits per heavy atom. The minimum atomic E-state index is -1.27. The maximum atomic E-state index is 11.2. The average molecular weight is 268 g/mol. The molecule has 1 rings (SSSR count). The van der Waals surface area contributed by atoms with Crippen LogP contribution in [0.3, 0.4) is 0 Å². The lowest BCUT2D eigenvalue weighted by Gasteiger charge is -2.09. The number of esters is 1. The van der Waals surface area contributed by atoms with Crippen LogP contribution >= 0.6 is 0 Å². The standard InChI is InChI=1S/C11H12N2O6/c1-19-11(16)8(12)4-6-2-3-7(10(14)15)5-9(6)13(17)18/h2-3,5,8H,4,12H2,1H3,(H,14,15)/t8-/m0/s1. The van der Waals surface area contributed by atoms with Crippen LogP contribution in [0.1, 0.15) is 15.9 Å². The van der Waals surface area contributed by atoms with Crippen molar-refractivity contribution in [2.45, 2.75) is 12.5 Å². The van der Waals surface area contributed by atoms with Crippen LogP contribution in [0.2, 0.25) is 0 Å². The van der Waals surface area contributed by atoms with Gasteiger partial charge in [0.2, 0.25) is 0 Å². The number of benzene rings is 1. The smallest absolute Gasteiger partial charge is 0.335 e. The van der Waals surface area contributed by atoms with Crippen LogP contribution in [-0.4, -0.2) is 35.1 Å². The zero-order chi connectivity index (χ0) is 14.6. The lowest BCUT2D eigenvalue weighted by atomic mass is 10.0. The van der Waals surface area contributed by atoms with Crippen molar-refractivity contribution in [2.24, 2.45) is 5.73 Å². The fraction of sp³-hybridized carbons (Fsp3) is 0.273. The highest BCUT2D eigenvalue weighted by atomic mass is 16.6. The highest BCUT2D eigenvalue weighted by molar-refractivity contribution is 5.88. The van der Waals surface area contributed by atoms with Gasteiger partial charge in [0.1, 0.15) is 6.04 Å². The number of hydrogen-bond donors (Lipinski definition) is 2. The van der Waals surface area contributed by atoms with Crippen molar-refractivity contribution in [1.82, 2.24) is 0 Å².